The largest absolute Gasteiger partial charge is 0.503 e. The lowest BCUT2D eigenvalue weighted by Crippen LogP contribution is -2.35. The summed E-state index contributed by atoms with van der Waals surface area (Å²) in [5, 5.41) is 13.9. The van der Waals surface area contributed by atoms with Gasteiger partial charge in [0.2, 0.25) is 0 Å². The summed E-state index contributed by atoms with van der Waals surface area (Å²) in [4.78, 5) is 8.56. The number of unbranched alkanes of at least 4 members (excludes halogenated alkanes) is 7. The van der Waals surface area contributed by atoms with Crippen molar-refractivity contribution in [1.82, 2.24) is 0 Å². The summed E-state index contributed by atoms with van der Waals surface area (Å²) in [5.74, 6) is 0. The first-order chi connectivity index (χ1) is 8.29. The fraction of sp³-hybridized carbons (Fsp3) is 0.929. The number of hydrogen-bond donors (Lipinski definition) is 2. The molecule has 0 unspecified atom stereocenters. The zero-order valence-corrected chi connectivity index (χ0v) is 12.6. The lowest BCUT2D eigenvalue weighted by molar-refractivity contribution is -0.870. The van der Waals surface area contributed by atoms with E-state index in [2.05, 4.69) is 28.1 Å². The Balaban J connectivity index is 0. The van der Waals surface area contributed by atoms with E-state index in [1.807, 2.05) is 0 Å². The molecule has 110 valence electrons. The van der Waals surface area contributed by atoms with Gasteiger partial charge in [-0.15, -0.1) is 0 Å². The lowest BCUT2D eigenvalue weighted by Gasteiger charge is -2.23. The number of nitrogens with zero attached hydrogens (tertiary/aromatic N) is 1. The SMILES string of the molecule is CCCCCCCCCC[N+](C)(C)C.O=C(O)O. The van der Waals surface area contributed by atoms with E-state index in [1.54, 1.807) is 0 Å². The second kappa shape index (κ2) is 12.7. The number of rotatable bonds is 9. The molecule has 0 spiro atoms. The molecule has 0 amide bonds. The zero-order chi connectivity index (χ0) is 14.4. The van der Waals surface area contributed by atoms with Crippen LogP contribution in [0.2, 0.25) is 0 Å². The van der Waals surface area contributed by atoms with Crippen LogP contribution in [0.5, 0.6) is 0 Å². The topological polar surface area (TPSA) is 57.5 Å². The second-order valence-corrected chi connectivity index (χ2v) is 5.77. The number of carboxylic acid groups (broad SMARTS) is 2. The van der Waals surface area contributed by atoms with E-state index in [-0.39, 0.29) is 0 Å². The quantitative estimate of drug-likeness (QED) is 0.486. The van der Waals surface area contributed by atoms with Crippen molar-refractivity contribution in [3.63, 3.8) is 0 Å². The Morgan fingerprint density at radius 2 is 1.17 bits per heavy atom. The Morgan fingerprint density at radius 3 is 1.50 bits per heavy atom. The van der Waals surface area contributed by atoms with Crippen molar-refractivity contribution in [2.24, 2.45) is 0 Å². The number of carbonyl (C=O) groups is 1. The van der Waals surface area contributed by atoms with Gasteiger partial charge in [-0.1, -0.05) is 45.4 Å². The minimum atomic E-state index is -1.83. The molecule has 0 atom stereocenters. The molecule has 0 aliphatic heterocycles. The van der Waals surface area contributed by atoms with E-state index < -0.39 is 6.16 Å². The molecule has 0 heterocycles. The highest BCUT2D eigenvalue weighted by atomic mass is 16.6. The summed E-state index contributed by atoms with van der Waals surface area (Å²) >= 11 is 0. The molecule has 0 saturated carbocycles. The molecule has 0 aromatic rings. The van der Waals surface area contributed by atoms with Gasteiger partial charge in [0, 0.05) is 0 Å². The van der Waals surface area contributed by atoms with Gasteiger partial charge in [-0.2, -0.15) is 0 Å². The van der Waals surface area contributed by atoms with Crippen LogP contribution in [0.15, 0.2) is 0 Å². The van der Waals surface area contributed by atoms with Gasteiger partial charge in [-0.3, -0.25) is 0 Å². The van der Waals surface area contributed by atoms with E-state index in [0.29, 0.717) is 0 Å². The molecule has 4 heteroatoms. The van der Waals surface area contributed by atoms with Gasteiger partial charge < -0.3 is 14.7 Å². The van der Waals surface area contributed by atoms with Crippen LogP contribution in [0.25, 0.3) is 0 Å². The molecule has 0 aliphatic carbocycles. The molecular formula is C14H32NO3+. The normalized spacial score (nSPS) is 10.7. The molecule has 0 aromatic heterocycles. The van der Waals surface area contributed by atoms with Crippen molar-refractivity contribution in [2.45, 2.75) is 58.3 Å². The summed E-state index contributed by atoms with van der Waals surface area (Å²) in [6, 6.07) is 0. The third-order valence-corrected chi connectivity index (χ3v) is 2.68. The summed E-state index contributed by atoms with van der Waals surface area (Å²) in [7, 11) is 6.84. The summed E-state index contributed by atoms with van der Waals surface area (Å²) in [6.07, 6.45) is 9.60. The van der Waals surface area contributed by atoms with Crippen LogP contribution in [-0.4, -0.2) is 48.5 Å². The maximum atomic E-state index is 8.56. The fourth-order valence-corrected chi connectivity index (χ4v) is 1.72. The minimum Gasteiger partial charge on any atom is -0.450 e. The Kier molecular flexibility index (Phi) is 13.8. The van der Waals surface area contributed by atoms with E-state index >= 15 is 0 Å². The highest BCUT2D eigenvalue weighted by Gasteiger charge is 2.04. The van der Waals surface area contributed by atoms with Crippen molar-refractivity contribution in [2.75, 3.05) is 27.7 Å². The Labute approximate surface area is 112 Å². The third-order valence-electron chi connectivity index (χ3n) is 2.68. The molecule has 2 N–H and O–H groups in total. The molecule has 18 heavy (non-hydrogen) atoms. The first-order valence-electron chi connectivity index (χ1n) is 7.02. The van der Waals surface area contributed by atoms with Crippen LogP contribution in [0, 0.1) is 0 Å². The molecule has 0 saturated heterocycles. The number of hydrogen-bond acceptors (Lipinski definition) is 1. The van der Waals surface area contributed by atoms with Gasteiger partial charge in [0.15, 0.2) is 0 Å². The predicted octanol–water partition coefficient (Wildman–Crippen LogP) is 4.06. The lowest BCUT2D eigenvalue weighted by atomic mass is 10.1. The second-order valence-electron chi connectivity index (χ2n) is 5.77. The summed E-state index contributed by atoms with van der Waals surface area (Å²) < 4.78 is 1.12. The fourth-order valence-electron chi connectivity index (χ4n) is 1.72. The summed E-state index contributed by atoms with van der Waals surface area (Å²) in [6.45, 7) is 3.61. The Morgan fingerprint density at radius 1 is 0.833 bits per heavy atom. The molecule has 0 radical (unpaired) electrons. The molecular weight excluding hydrogens is 230 g/mol. The molecule has 0 rings (SSSR count). The van der Waals surface area contributed by atoms with Crippen LogP contribution >= 0.6 is 0 Å². The standard InChI is InChI=1S/C13H30N.CH2O3/c1-5-6-7-8-9-10-11-12-13-14(2,3)4;2-1(3)4/h5-13H2,1-4H3;(H2,2,3,4)/q+1;. The number of quaternary nitrogens is 1. The van der Waals surface area contributed by atoms with Gasteiger partial charge in [-0.25, -0.2) is 4.79 Å². The molecule has 0 aromatic carbocycles. The highest BCUT2D eigenvalue weighted by Crippen LogP contribution is 2.09. The highest BCUT2D eigenvalue weighted by molar-refractivity contribution is 5.53. The van der Waals surface area contributed by atoms with Crippen LogP contribution in [0.1, 0.15) is 58.3 Å². The minimum absolute atomic E-state index is 1.12. The van der Waals surface area contributed by atoms with Crippen LogP contribution < -0.4 is 0 Å². The smallest absolute Gasteiger partial charge is 0.450 e. The summed E-state index contributed by atoms with van der Waals surface area (Å²) in [5.41, 5.74) is 0. The van der Waals surface area contributed by atoms with Gasteiger partial charge >= 0.3 is 6.16 Å². The molecule has 4 nitrogen and oxygen atoms in total. The first-order valence-corrected chi connectivity index (χ1v) is 7.02. The van der Waals surface area contributed by atoms with E-state index in [0.717, 1.165) is 4.48 Å². The van der Waals surface area contributed by atoms with E-state index in [1.165, 1.54) is 57.9 Å². The predicted molar refractivity (Wildman–Crippen MR) is 76.2 cm³/mol. The Bertz CT molecular complexity index is 184. The van der Waals surface area contributed by atoms with E-state index in [4.69, 9.17) is 15.0 Å². The van der Waals surface area contributed by atoms with Crippen LogP contribution in [-0.2, 0) is 0 Å². The third kappa shape index (κ3) is 29.5. The average Bonchev–Trinajstić information content (AvgIpc) is 2.19. The van der Waals surface area contributed by atoms with Gasteiger partial charge in [0.05, 0.1) is 27.7 Å². The van der Waals surface area contributed by atoms with Crippen molar-refractivity contribution in [3.8, 4) is 0 Å². The molecule has 0 fully saturated rings. The molecule has 0 aliphatic rings. The van der Waals surface area contributed by atoms with Crippen LogP contribution in [0.4, 0.5) is 4.79 Å². The monoisotopic (exact) mass is 262 g/mol. The maximum absolute atomic E-state index is 8.56. The van der Waals surface area contributed by atoms with Crippen molar-refractivity contribution in [3.05, 3.63) is 0 Å². The Hall–Kier alpha value is -0.770. The van der Waals surface area contributed by atoms with Gasteiger partial charge in [0.25, 0.3) is 0 Å². The van der Waals surface area contributed by atoms with Gasteiger partial charge in [-0.05, 0) is 12.8 Å². The zero-order valence-electron chi connectivity index (χ0n) is 12.6. The first kappa shape index (κ1) is 19.6. The van der Waals surface area contributed by atoms with Crippen molar-refractivity contribution < 1.29 is 19.5 Å². The van der Waals surface area contributed by atoms with E-state index in [9.17, 15) is 0 Å². The van der Waals surface area contributed by atoms with Crippen LogP contribution in [0.3, 0.4) is 0 Å². The van der Waals surface area contributed by atoms with Crippen molar-refractivity contribution in [1.29, 1.82) is 0 Å². The van der Waals surface area contributed by atoms with Crippen molar-refractivity contribution >= 4 is 6.16 Å². The molecule has 0 bridgehead atoms. The average molecular weight is 262 g/mol. The van der Waals surface area contributed by atoms with Gasteiger partial charge in [0.1, 0.15) is 0 Å². The maximum Gasteiger partial charge on any atom is 0.503 e.